The maximum absolute atomic E-state index is 11.9. The molecule has 0 spiro atoms. The van der Waals surface area contributed by atoms with Crippen LogP contribution in [0, 0.1) is 0 Å². The van der Waals surface area contributed by atoms with E-state index in [-0.39, 0.29) is 6.61 Å². The van der Waals surface area contributed by atoms with E-state index in [9.17, 15) is 13.9 Å². The molecule has 1 N–H and O–H groups in total. The number of hydrogen-bond acceptors (Lipinski definition) is 3. The van der Waals surface area contributed by atoms with Crippen LogP contribution in [0.2, 0.25) is 5.02 Å². The maximum Gasteiger partial charge on any atom is 0.261 e. The van der Waals surface area contributed by atoms with Crippen molar-refractivity contribution in [1.82, 2.24) is 9.78 Å². The van der Waals surface area contributed by atoms with Crippen LogP contribution in [-0.2, 0) is 24.1 Å². The van der Waals surface area contributed by atoms with Gasteiger partial charge in [0.1, 0.15) is 6.61 Å². The first-order chi connectivity index (χ1) is 9.49. The van der Waals surface area contributed by atoms with Gasteiger partial charge >= 0.3 is 0 Å². The van der Waals surface area contributed by atoms with Crippen LogP contribution in [0.5, 0.6) is 0 Å². The highest BCUT2D eigenvalue weighted by Gasteiger charge is 2.17. The van der Waals surface area contributed by atoms with Gasteiger partial charge < -0.3 is 9.84 Å². The van der Waals surface area contributed by atoms with Crippen LogP contribution in [0.3, 0.4) is 0 Å². The quantitative estimate of drug-likeness (QED) is 0.713. The lowest BCUT2D eigenvalue weighted by molar-refractivity contribution is 0.00495. The number of aliphatic hydroxyl groups is 1. The van der Waals surface area contributed by atoms with E-state index in [1.54, 1.807) is 4.68 Å². The summed E-state index contributed by atoms with van der Waals surface area (Å²) in [6.07, 6.45) is -1.80. The smallest absolute Gasteiger partial charge is 0.261 e. The summed E-state index contributed by atoms with van der Waals surface area (Å²) in [5, 5.41) is 14.9. The van der Waals surface area contributed by atoms with Gasteiger partial charge in [-0.25, -0.2) is 8.78 Å². The molecule has 4 nitrogen and oxygen atoms in total. The fourth-order valence-corrected chi connectivity index (χ4v) is 2.28. The molecule has 0 saturated heterocycles. The van der Waals surface area contributed by atoms with Gasteiger partial charge in [0.05, 0.1) is 22.5 Å². The average molecular weight is 311 g/mol. The molecule has 0 aliphatic carbocycles. The number of aryl methyl sites for hydroxylation is 2. The summed E-state index contributed by atoms with van der Waals surface area (Å²) in [4.78, 5) is 0. The van der Waals surface area contributed by atoms with Crippen molar-refractivity contribution in [3.63, 3.8) is 0 Å². The van der Waals surface area contributed by atoms with Crippen molar-refractivity contribution >= 4 is 11.6 Å². The Balaban J connectivity index is 2.52. The van der Waals surface area contributed by atoms with Gasteiger partial charge in [0.25, 0.3) is 6.43 Å². The predicted octanol–water partition coefficient (Wildman–Crippen LogP) is 2.69. The SMILES string of the molecule is CCc1nn(CC)c(CC(O)CCOCC(F)F)c1Cl. The third kappa shape index (κ3) is 5.00. The molecule has 0 bridgehead atoms. The van der Waals surface area contributed by atoms with Gasteiger partial charge in [0, 0.05) is 19.6 Å². The number of halogens is 3. The van der Waals surface area contributed by atoms with Crippen LogP contribution >= 0.6 is 11.6 Å². The monoisotopic (exact) mass is 310 g/mol. The average Bonchev–Trinajstić information content (AvgIpc) is 2.71. The fourth-order valence-electron chi connectivity index (χ4n) is 1.93. The molecule has 1 unspecified atom stereocenters. The molecule has 0 amide bonds. The van der Waals surface area contributed by atoms with E-state index in [1.165, 1.54) is 0 Å². The first-order valence-corrected chi connectivity index (χ1v) is 7.15. The van der Waals surface area contributed by atoms with E-state index < -0.39 is 19.1 Å². The van der Waals surface area contributed by atoms with Crippen molar-refractivity contribution in [2.45, 2.75) is 52.2 Å². The minimum absolute atomic E-state index is 0.101. The molecule has 1 heterocycles. The van der Waals surface area contributed by atoms with E-state index >= 15 is 0 Å². The van der Waals surface area contributed by atoms with Crippen LogP contribution in [0.15, 0.2) is 0 Å². The normalized spacial score (nSPS) is 13.2. The first-order valence-electron chi connectivity index (χ1n) is 6.77. The van der Waals surface area contributed by atoms with Gasteiger partial charge in [-0.2, -0.15) is 5.10 Å². The molecular weight excluding hydrogens is 290 g/mol. The fraction of sp³-hybridized carbons (Fsp3) is 0.769. The van der Waals surface area contributed by atoms with E-state index in [0.29, 0.717) is 24.4 Å². The van der Waals surface area contributed by atoms with E-state index in [0.717, 1.165) is 17.8 Å². The summed E-state index contributed by atoms with van der Waals surface area (Å²) in [6.45, 7) is 4.09. The van der Waals surface area contributed by atoms with Crippen LogP contribution in [0.25, 0.3) is 0 Å². The molecule has 1 aromatic heterocycles. The second-order valence-electron chi connectivity index (χ2n) is 4.49. The predicted molar refractivity (Wildman–Crippen MR) is 73.4 cm³/mol. The van der Waals surface area contributed by atoms with Crippen molar-refractivity contribution in [1.29, 1.82) is 0 Å². The summed E-state index contributed by atoms with van der Waals surface area (Å²) in [7, 11) is 0. The molecule has 1 aromatic rings. The highest BCUT2D eigenvalue weighted by Crippen LogP contribution is 2.23. The van der Waals surface area contributed by atoms with Crippen molar-refractivity contribution in [3.8, 4) is 0 Å². The molecule has 0 aliphatic rings. The lowest BCUT2D eigenvalue weighted by Gasteiger charge is -2.12. The minimum atomic E-state index is -2.48. The highest BCUT2D eigenvalue weighted by atomic mass is 35.5. The van der Waals surface area contributed by atoms with Crippen LogP contribution < -0.4 is 0 Å². The molecule has 1 rings (SSSR count). The van der Waals surface area contributed by atoms with Crippen molar-refractivity contribution in [2.24, 2.45) is 0 Å². The number of ether oxygens (including phenoxy) is 1. The number of aliphatic hydroxyl groups excluding tert-OH is 1. The van der Waals surface area contributed by atoms with Crippen molar-refractivity contribution < 1.29 is 18.6 Å². The number of hydrogen-bond donors (Lipinski definition) is 1. The largest absolute Gasteiger partial charge is 0.393 e. The molecule has 7 heteroatoms. The molecule has 0 radical (unpaired) electrons. The second kappa shape index (κ2) is 8.54. The van der Waals surface area contributed by atoms with Gasteiger partial charge in [-0.15, -0.1) is 0 Å². The van der Waals surface area contributed by atoms with Crippen LogP contribution in [-0.4, -0.2) is 40.6 Å². The summed E-state index contributed by atoms with van der Waals surface area (Å²) >= 11 is 6.23. The zero-order valence-corrected chi connectivity index (χ0v) is 12.5. The Kier molecular flexibility index (Phi) is 7.40. The maximum atomic E-state index is 11.9. The summed E-state index contributed by atoms with van der Waals surface area (Å²) in [5.41, 5.74) is 1.59. The van der Waals surface area contributed by atoms with Gasteiger partial charge in [-0.05, 0) is 19.8 Å². The number of rotatable bonds is 9. The zero-order valence-electron chi connectivity index (χ0n) is 11.8. The van der Waals surface area contributed by atoms with Crippen molar-refractivity contribution in [2.75, 3.05) is 13.2 Å². The Morgan fingerprint density at radius 3 is 2.65 bits per heavy atom. The minimum Gasteiger partial charge on any atom is -0.393 e. The number of alkyl halides is 2. The Morgan fingerprint density at radius 1 is 1.40 bits per heavy atom. The topological polar surface area (TPSA) is 47.3 Å². The number of nitrogens with zero attached hydrogens (tertiary/aromatic N) is 2. The molecule has 0 aromatic carbocycles. The van der Waals surface area contributed by atoms with Gasteiger partial charge in [0.15, 0.2) is 0 Å². The lowest BCUT2D eigenvalue weighted by atomic mass is 10.1. The summed E-state index contributed by atoms with van der Waals surface area (Å²) in [5.74, 6) is 0. The molecule has 116 valence electrons. The zero-order chi connectivity index (χ0) is 15.1. The molecule has 0 fully saturated rings. The van der Waals surface area contributed by atoms with Gasteiger partial charge in [-0.3, -0.25) is 4.68 Å². The Labute approximate surface area is 122 Å². The standard InChI is InChI=1S/C13H21ClF2N2O2/c1-3-10-13(14)11(18(4-2)17-10)7-9(19)5-6-20-8-12(15)16/h9,12,19H,3-8H2,1-2H3. The van der Waals surface area contributed by atoms with E-state index in [2.05, 4.69) is 5.10 Å². The molecule has 1 atom stereocenters. The van der Waals surface area contributed by atoms with Gasteiger partial charge in [-0.1, -0.05) is 18.5 Å². The van der Waals surface area contributed by atoms with E-state index in [1.807, 2.05) is 13.8 Å². The molecule has 0 saturated carbocycles. The third-order valence-corrected chi connectivity index (χ3v) is 3.40. The second-order valence-corrected chi connectivity index (χ2v) is 4.87. The highest BCUT2D eigenvalue weighted by molar-refractivity contribution is 6.31. The van der Waals surface area contributed by atoms with Crippen LogP contribution in [0.1, 0.15) is 31.7 Å². The third-order valence-electron chi connectivity index (χ3n) is 2.96. The molecule has 0 aliphatic heterocycles. The Hall–Kier alpha value is -0.720. The first kappa shape index (κ1) is 17.3. The van der Waals surface area contributed by atoms with Crippen molar-refractivity contribution in [3.05, 3.63) is 16.4 Å². The summed E-state index contributed by atoms with van der Waals surface area (Å²) < 4.78 is 30.3. The molecular formula is C13H21ClF2N2O2. The molecule has 20 heavy (non-hydrogen) atoms. The van der Waals surface area contributed by atoms with E-state index in [4.69, 9.17) is 16.3 Å². The lowest BCUT2D eigenvalue weighted by Crippen LogP contribution is -2.17. The Bertz CT molecular complexity index is 413. The Morgan fingerprint density at radius 2 is 2.10 bits per heavy atom. The van der Waals surface area contributed by atoms with Gasteiger partial charge in [0.2, 0.25) is 0 Å². The number of aromatic nitrogens is 2. The van der Waals surface area contributed by atoms with Crippen LogP contribution in [0.4, 0.5) is 8.78 Å². The summed E-state index contributed by atoms with van der Waals surface area (Å²) in [6, 6.07) is 0.